The van der Waals surface area contributed by atoms with Crippen LogP contribution in [0.3, 0.4) is 0 Å². The van der Waals surface area contributed by atoms with E-state index in [1.54, 1.807) is 11.1 Å². The second kappa shape index (κ2) is 2.84. The summed E-state index contributed by atoms with van der Waals surface area (Å²) in [5.41, 5.74) is 3.13. The van der Waals surface area contributed by atoms with Crippen molar-refractivity contribution in [1.82, 2.24) is 6.15 Å². The first kappa shape index (κ1) is 7.29. The molecule has 0 aromatic heterocycles. The van der Waals surface area contributed by atoms with E-state index in [-0.39, 0.29) is 6.15 Å². The van der Waals surface area contributed by atoms with Gasteiger partial charge in [0.15, 0.2) is 0 Å². The summed E-state index contributed by atoms with van der Waals surface area (Å²) in [4.78, 5) is 0. The first-order chi connectivity index (χ1) is 4.47. The van der Waals surface area contributed by atoms with Gasteiger partial charge in [-0.3, -0.25) is 0 Å². The third kappa shape index (κ3) is 1.05. The van der Waals surface area contributed by atoms with Crippen LogP contribution >= 0.6 is 0 Å². The minimum absolute atomic E-state index is 0. The van der Waals surface area contributed by atoms with Gasteiger partial charge in [0.2, 0.25) is 0 Å². The normalized spacial score (nSPS) is 14.0. The molecule has 0 saturated carbocycles. The zero-order chi connectivity index (χ0) is 6.10. The second-order valence-electron chi connectivity index (χ2n) is 2.62. The van der Waals surface area contributed by atoms with E-state index in [0.29, 0.717) is 0 Å². The number of benzene rings is 1. The zero-order valence-corrected chi connectivity index (χ0v) is 6.14. The molecule has 0 bridgehead atoms. The summed E-state index contributed by atoms with van der Waals surface area (Å²) in [5.74, 6) is 0. The lowest BCUT2D eigenvalue weighted by Crippen LogP contribution is -1.77. The Morgan fingerprint density at radius 3 is 1.90 bits per heavy atom. The number of fused-ring (bicyclic) bond motifs is 1. The van der Waals surface area contributed by atoms with Crippen LogP contribution in [0.1, 0.15) is 17.5 Å². The van der Waals surface area contributed by atoms with Crippen molar-refractivity contribution in [3.8, 4) is 0 Å². The molecule has 3 N–H and O–H groups in total. The fourth-order valence-electron chi connectivity index (χ4n) is 1.51. The van der Waals surface area contributed by atoms with E-state index < -0.39 is 0 Å². The number of hydrogen-bond donors (Lipinski definition) is 1. The van der Waals surface area contributed by atoms with E-state index in [0.717, 1.165) is 0 Å². The van der Waals surface area contributed by atoms with E-state index in [1.807, 2.05) is 0 Å². The zero-order valence-electron chi connectivity index (χ0n) is 6.14. The Kier molecular flexibility index (Phi) is 2.07. The van der Waals surface area contributed by atoms with Gasteiger partial charge >= 0.3 is 0 Å². The molecule has 1 aromatic rings. The highest BCUT2D eigenvalue weighted by molar-refractivity contribution is 5.30. The van der Waals surface area contributed by atoms with E-state index in [2.05, 4.69) is 24.3 Å². The second-order valence-corrected chi connectivity index (χ2v) is 2.62. The summed E-state index contributed by atoms with van der Waals surface area (Å²) >= 11 is 0. The standard InChI is InChI=1S/C9H10.H3N/c1-2-5-9-7-3-6-8(9)4-1;/h1-2,4-5H,3,6-7H2;1H3. The highest BCUT2D eigenvalue weighted by Crippen LogP contribution is 2.20. The third-order valence-corrected chi connectivity index (χ3v) is 2.01. The Bertz CT molecular complexity index is 195. The number of rotatable bonds is 0. The molecule has 1 aliphatic carbocycles. The number of aryl methyl sites for hydroxylation is 2. The lowest BCUT2D eigenvalue weighted by Gasteiger charge is -1.93. The average Bonchev–Trinajstić information content (AvgIpc) is 2.33. The van der Waals surface area contributed by atoms with Gasteiger partial charge in [0.1, 0.15) is 0 Å². The van der Waals surface area contributed by atoms with E-state index in [4.69, 9.17) is 0 Å². The Hall–Kier alpha value is -0.820. The minimum atomic E-state index is 0. The molecular weight excluding hydrogens is 122 g/mol. The predicted molar refractivity (Wildman–Crippen MR) is 43.5 cm³/mol. The van der Waals surface area contributed by atoms with Gasteiger partial charge in [-0.05, 0) is 30.4 Å². The van der Waals surface area contributed by atoms with E-state index in [9.17, 15) is 0 Å². The molecule has 2 rings (SSSR count). The SMILES string of the molecule is N.c1ccc2c(c1)CCC2. The Balaban J connectivity index is 0.000000500. The maximum absolute atomic E-state index is 2.24. The Morgan fingerprint density at radius 2 is 1.40 bits per heavy atom. The maximum Gasteiger partial charge on any atom is -0.0273 e. The lowest BCUT2D eigenvalue weighted by atomic mass is 10.1. The number of hydrogen-bond acceptors (Lipinski definition) is 1. The molecule has 0 atom stereocenters. The largest absolute Gasteiger partial charge is 0.344 e. The molecule has 54 valence electrons. The fraction of sp³-hybridized carbons (Fsp3) is 0.333. The Morgan fingerprint density at radius 1 is 0.900 bits per heavy atom. The molecule has 0 saturated heterocycles. The highest BCUT2D eigenvalue weighted by atomic mass is 14.1. The van der Waals surface area contributed by atoms with Crippen molar-refractivity contribution in [2.24, 2.45) is 0 Å². The summed E-state index contributed by atoms with van der Waals surface area (Å²) in [7, 11) is 0. The average molecular weight is 135 g/mol. The molecule has 1 nitrogen and oxygen atoms in total. The first-order valence-corrected chi connectivity index (χ1v) is 3.53. The van der Waals surface area contributed by atoms with Crippen LogP contribution in [0.15, 0.2) is 24.3 Å². The molecule has 0 aliphatic heterocycles. The Labute approximate surface area is 61.7 Å². The van der Waals surface area contributed by atoms with Gasteiger partial charge < -0.3 is 6.15 Å². The van der Waals surface area contributed by atoms with Gasteiger partial charge in [0.25, 0.3) is 0 Å². The van der Waals surface area contributed by atoms with Gasteiger partial charge in [-0.25, -0.2) is 0 Å². The van der Waals surface area contributed by atoms with Gasteiger partial charge in [-0.15, -0.1) is 0 Å². The fourth-order valence-corrected chi connectivity index (χ4v) is 1.51. The van der Waals surface area contributed by atoms with E-state index >= 15 is 0 Å². The molecule has 0 unspecified atom stereocenters. The van der Waals surface area contributed by atoms with Crippen molar-refractivity contribution in [3.63, 3.8) is 0 Å². The molecule has 1 heteroatoms. The molecule has 1 aliphatic rings. The monoisotopic (exact) mass is 135 g/mol. The van der Waals surface area contributed by atoms with Gasteiger partial charge in [0, 0.05) is 0 Å². The summed E-state index contributed by atoms with van der Waals surface area (Å²) in [6, 6.07) is 8.74. The molecular formula is C9H13N. The van der Waals surface area contributed by atoms with Crippen LogP contribution in [0, 0.1) is 0 Å². The predicted octanol–water partition coefficient (Wildman–Crippen LogP) is 2.34. The van der Waals surface area contributed by atoms with Crippen molar-refractivity contribution < 1.29 is 0 Å². The smallest absolute Gasteiger partial charge is 0.0273 e. The molecule has 1 aromatic carbocycles. The molecule has 0 spiro atoms. The maximum atomic E-state index is 2.24. The quantitative estimate of drug-likeness (QED) is 0.582. The van der Waals surface area contributed by atoms with Gasteiger partial charge in [-0.2, -0.15) is 0 Å². The topological polar surface area (TPSA) is 35.0 Å². The lowest BCUT2D eigenvalue weighted by molar-refractivity contribution is 0.912. The molecule has 0 heterocycles. The highest BCUT2D eigenvalue weighted by Gasteiger charge is 2.07. The van der Waals surface area contributed by atoms with Gasteiger partial charge in [-0.1, -0.05) is 24.3 Å². The van der Waals surface area contributed by atoms with Crippen molar-refractivity contribution in [1.29, 1.82) is 0 Å². The molecule has 10 heavy (non-hydrogen) atoms. The van der Waals surface area contributed by atoms with E-state index in [1.165, 1.54) is 19.3 Å². The molecule has 0 fully saturated rings. The minimum Gasteiger partial charge on any atom is -0.344 e. The summed E-state index contributed by atoms with van der Waals surface area (Å²) in [5, 5.41) is 0. The third-order valence-electron chi connectivity index (χ3n) is 2.01. The van der Waals surface area contributed by atoms with Crippen LogP contribution in [0.4, 0.5) is 0 Å². The summed E-state index contributed by atoms with van der Waals surface area (Å²) in [6.07, 6.45) is 3.96. The summed E-state index contributed by atoms with van der Waals surface area (Å²) < 4.78 is 0. The molecule has 0 amide bonds. The van der Waals surface area contributed by atoms with Crippen molar-refractivity contribution >= 4 is 0 Å². The van der Waals surface area contributed by atoms with Crippen LogP contribution in [-0.4, -0.2) is 0 Å². The first-order valence-electron chi connectivity index (χ1n) is 3.53. The van der Waals surface area contributed by atoms with Crippen molar-refractivity contribution in [2.75, 3.05) is 0 Å². The van der Waals surface area contributed by atoms with Crippen LogP contribution in [-0.2, 0) is 12.8 Å². The van der Waals surface area contributed by atoms with Crippen molar-refractivity contribution in [2.45, 2.75) is 19.3 Å². The van der Waals surface area contributed by atoms with Crippen molar-refractivity contribution in [3.05, 3.63) is 35.4 Å². The van der Waals surface area contributed by atoms with Crippen LogP contribution < -0.4 is 6.15 Å². The van der Waals surface area contributed by atoms with Crippen LogP contribution in [0.2, 0.25) is 0 Å². The van der Waals surface area contributed by atoms with Crippen LogP contribution in [0.5, 0.6) is 0 Å². The molecule has 0 radical (unpaired) electrons. The van der Waals surface area contributed by atoms with Crippen LogP contribution in [0.25, 0.3) is 0 Å². The summed E-state index contributed by atoms with van der Waals surface area (Å²) in [6.45, 7) is 0. The van der Waals surface area contributed by atoms with Gasteiger partial charge in [0.05, 0.1) is 0 Å².